The smallest absolute Gasteiger partial charge is 0.328 e. The Balaban J connectivity index is 2.26. The van der Waals surface area contributed by atoms with Gasteiger partial charge in [-0.25, -0.2) is 4.79 Å². The van der Waals surface area contributed by atoms with Crippen molar-refractivity contribution in [2.24, 2.45) is 11.5 Å². The molecule has 146 valence electrons. The minimum Gasteiger partial charge on any atom is -0.485 e. The van der Waals surface area contributed by atoms with Crippen LogP contribution in [0.3, 0.4) is 0 Å². The molecule has 2 rings (SSSR count). The van der Waals surface area contributed by atoms with Gasteiger partial charge in [-0.2, -0.15) is 0 Å². The van der Waals surface area contributed by atoms with Crippen molar-refractivity contribution in [2.45, 2.75) is 71.4 Å². The molecule has 1 heterocycles. The van der Waals surface area contributed by atoms with Crippen molar-refractivity contribution in [2.75, 3.05) is 13.2 Å². The first-order chi connectivity index (χ1) is 12.2. The molecule has 1 aromatic carbocycles. The number of aliphatic hydroxyl groups excluding tert-OH is 1. The highest BCUT2D eigenvalue weighted by atomic mass is 16.5. The summed E-state index contributed by atoms with van der Waals surface area (Å²) in [7, 11) is 0. The van der Waals surface area contributed by atoms with Crippen LogP contribution in [0.5, 0.6) is 11.5 Å². The number of unbranched alkanes of at least 4 members (excludes halogenated alkanes) is 1. The minimum atomic E-state index is -0.648. The summed E-state index contributed by atoms with van der Waals surface area (Å²) in [4.78, 5) is 12.4. The molecule has 1 aliphatic heterocycles. The Morgan fingerprint density at radius 1 is 1.27 bits per heavy atom. The van der Waals surface area contributed by atoms with E-state index in [2.05, 4.69) is 0 Å². The molecule has 0 fully saturated rings. The summed E-state index contributed by atoms with van der Waals surface area (Å²) < 4.78 is 11.8. The molecule has 1 aromatic rings. The van der Waals surface area contributed by atoms with Crippen LogP contribution >= 0.6 is 0 Å². The number of aliphatic hydroxyl groups is 1. The van der Waals surface area contributed by atoms with E-state index in [1.807, 2.05) is 27.7 Å². The first-order valence-electron chi connectivity index (χ1n) is 9.34. The van der Waals surface area contributed by atoms with Crippen molar-refractivity contribution in [3.8, 4) is 11.5 Å². The van der Waals surface area contributed by atoms with Crippen LogP contribution in [0, 0.1) is 20.8 Å². The maximum atomic E-state index is 12.4. The van der Waals surface area contributed by atoms with Gasteiger partial charge in [-0.1, -0.05) is 6.42 Å². The maximum Gasteiger partial charge on any atom is 0.328 e. The van der Waals surface area contributed by atoms with Gasteiger partial charge in [-0.15, -0.1) is 0 Å². The van der Waals surface area contributed by atoms with E-state index in [-0.39, 0.29) is 6.61 Å². The molecule has 0 saturated carbocycles. The van der Waals surface area contributed by atoms with E-state index in [4.69, 9.17) is 20.9 Å². The lowest BCUT2D eigenvalue weighted by molar-refractivity contribution is -0.136. The summed E-state index contributed by atoms with van der Waals surface area (Å²) in [5, 5.41) is 9.61. The summed E-state index contributed by atoms with van der Waals surface area (Å²) in [5.74, 6) is 0.969. The Labute approximate surface area is 155 Å². The predicted octanol–water partition coefficient (Wildman–Crippen LogP) is 2.05. The van der Waals surface area contributed by atoms with Crippen LogP contribution in [0.2, 0.25) is 0 Å². The predicted molar refractivity (Wildman–Crippen MR) is 102 cm³/mol. The van der Waals surface area contributed by atoms with Gasteiger partial charge >= 0.3 is 5.97 Å². The van der Waals surface area contributed by atoms with Crippen LogP contribution in [0.4, 0.5) is 0 Å². The van der Waals surface area contributed by atoms with Crippen molar-refractivity contribution in [1.82, 2.24) is 0 Å². The van der Waals surface area contributed by atoms with E-state index in [0.29, 0.717) is 25.1 Å². The Kier molecular flexibility index (Phi) is 6.66. The first-order valence-corrected chi connectivity index (χ1v) is 9.34. The third kappa shape index (κ3) is 4.19. The number of hydrogen-bond acceptors (Lipinski definition) is 6. The lowest BCUT2D eigenvalue weighted by Crippen LogP contribution is -2.40. The maximum absolute atomic E-state index is 12.4. The third-order valence-electron chi connectivity index (χ3n) is 5.37. The van der Waals surface area contributed by atoms with E-state index in [9.17, 15) is 9.90 Å². The quantitative estimate of drug-likeness (QED) is 0.388. The van der Waals surface area contributed by atoms with Crippen molar-refractivity contribution in [3.05, 3.63) is 22.3 Å². The van der Waals surface area contributed by atoms with Crippen LogP contribution in [-0.4, -0.2) is 35.9 Å². The zero-order valence-electron chi connectivity index (χ0n) is 16.4. The van der Waals surface area contributed by atoms with Gasteiger partial charge < -0.3 is 26.0 Å². The van der Waals surface area contributed by atoms with E-state index >= 15 is 0 Å². The molecule has 0 bridgehead atoms. The standard InChI is InChI=1S/C20H32N2O4/c1-12-13(2)18-15(8-9-20(4,11-23)26-18)14(3)17(12)25-19(24)16(22)7-5-6-10-21/h16,23H,5-11,21-22H2,1-4H3/t16-,20?/m0/s1. The molecule has 1 unspecified atom stereocenters. The first kappa shape index (κ1) is 20.7. The van der Waals surface area contributed by atoms with E-state index in [1.54, 1.807) is 0 Å². The summed E-state index contributed by atoms with van der Waals surface area (Å²) in [6, 6.07) is -0.648. The SMILES string of the molecule is Cc1c(C)c2c(c(C)c1OC(=O)[C@@H](N)CCCCN)CCC(C)(CO)O2. The van der Waals surface area contributed by atoms with Gasteiger partial charge in [-0.3, -0.25) is 0 Å². The topological polar surface area (TPSA) is 108 Å². The average molecular weight is 364 g/mol. The number of fused-ring (bicyclic) bond motifs is 1. The Morgan fingerprint density at radius 2 is 1.96 bits per heavy atom. The molecule has 6 nitrogen and oxygen atoms in total. The fourth-order valence-corrected chi connectivity index (χ4v) is 3.35. The molecule has 0 saturated heterocycles. The number of nitrogens with two attached hydrogens (primary N) is 2. The van der Waals surface area contributed by atoms with Crippen LogP contribution in [0.25, 0.3) is 0 Å². The molecule has 26 heavy (non-hydrogen) atoms. The van der Waals surface area contributed by atoms with E-state index in [1.165, 1.54) is 0 Å². The van der Waals surface area contributed by atoms with Gasteiger partial charge in [0.1, 0.15) is 23.1 Å². The highest BCUT2D eigenvalue weighted by molar-refractivity contribution is 5.79. The molecule has 5 N–H and O–H groups in total. The molecule has 0 aliphatic carbocycles. The number of carbonyl (C=O) groups excluding carboxylic acids is 1. The fraction of sp³-hybridized carbons (Fsp3) is 0.650. The second kappa shape index (κ2) is 8.37. The van der Waals surface area contributed by atoms with Crippen LogP contribution in [0.15, 0.2) is 0 Å². The number of rotatable bonds is 7. The summed E-state index contributed by atoms with van der Waals surface area (Å²) in [5.41, 5.74) is 14.6. The molecule has 0 aromatic heterocycles. The van der Waals surface area contributed by atoms with Crippen LogP contribution in [0.1, 0.15) is 54.9 Å². The van der Waals surface area contributed by atoms with Gasteiger partial charge in [0, 0.05) is 5.56 Å². The molecular formula is C20H32N2O4. The second-order valence-corrected chi connectivity index (χ2v) is 7.53. The number of hydrogen-bond donors (Lipinski definition) is 3. The average Bonchev–Trinajstić information content (AvgIpc) is 2.63. The molecule has 1 aliphatic rings. The van der Waals surface area contributed by atoms with Gasteiger partial charge in [0.05, 0.1) is 6.61 Å². The molecule has 0 amide bonds. The summed E-state index contributed by atoms with van der Waals surface area (Å²) >= 11 is 0. The zero-order chi connectivity index (χ0) is 19.5. The van der Waals surface area contributed by atoms with Gasteiger partial charge in [0.15, 0.2) is 0 Å². The summed E-state index contributed by atoms with van der Waals surface area (Å²) in [6.45, 7) is 8.29. The van der Waals surface area contributed by atoms with Gasteiger partial charge in [0.2, 0.25) is 0 Å². The Morgan fingerprint density at radius 3 is 2.58 bits per heavy atom. The number of ether oxygens (including phenoxy) is 2. The highest BCUT2D eigenvalue weighted by Gasteiger charge is 2.34. The van der Waals surface area contributed by atoms with Crippen LogP contribution < -0.4 is 20.9 Å². The minimum absolute atomic E-state index is 0.0294. The molecular weight excluding hydrogens is 332 g/mol. The summed E-state index contributed by atoms with van der Waals surface area (Å²) in [6.07, 6.45) is 3.70. The molecule has 0 spiro atoms. The van der Waals surface area contributed by atoms with Crippen molar-refractivity contribution in [3.63, 3.8) is 0 Å². The van der Waals surface area contributed by atoms with E-state index < -0.39 is 17.6 Å². The van der Waals surface area contributed by atoms with Gasteiger partial charge in [0.25, 0.3) is 0 Å². The Bertz CT molecular complexity index is 675. The van der Waals surface area contributed by atoms with Gasteiger partial charge in [-0.05, 0) is 76.6 Å². The Hall–Kier alpha value is -1.63. The highest BCUT2D eigenvalue weighted by Crippen LogP contribution is 2.43. The number of benzene rings is 1. The lowest BCUT2D eigenvalue weighted by atomic mass is 9.87. The van der Waals surface area contributed by atoms with E-state index in [0.717, 1.165) is 47.3 Å². The third-order valence-corrected chi connectivity index (χ3v) is 5.37. The normalized spacial score (nSPS) is 20.3. The largest absolute Gasteiger partial charge is 0.485 e. The van der Waals surface area contributed by atoms with Crippen LogP contribution in [-0.2, 0) is 11.2 Å². The molecule has 0 radical (unpaired) electrons. The van der Waals surface area contributed by atoms with Crippen molar-refractivity contribution >= 4 is 5.97 Å². The molecule has 6 heteroatoms. The second-order valence-electron chi connectivity index (χ2n) is 7.53. The van der Waals surface area contributed by atoms with Crippen molar-refractivity contribution in [1.29, 1.82) is 0 Å². The number of carbonyl (C=O) groups is 1. The lowest BCUT2D eigenvalue weighted by Gasteiger charge is -2.36. The van der Waals surface area contributed by atoms with Crippen molar-refractivity contribution < 1.29 is 19.4 Å². The monoisotopic (exact) mass is 364 g/mol. The zero-order valence-corrected chi connectivity index (χ0v) is 16.4. The fourth-order valence-electron chi connectivity index (χ4n) is 3.35. The molecule has 2 atom stereocenters. The number of esters is 1.